The van der Waals surface area contributed by atoms with Crippen LogP contribution in [0.2, 0.25) is 0 Å². The van der Waals surface area contributed by atoms with Crippen molar-refractivity contribution in [2.45, 2.75) is 36.0 Å². The molecule has 0 saturated carbocycles. The first-order valence-electron chi connectivity index (χ1n) is 10.2. The van der Waals surface area contributed by atoms with Gasteiger partial charge in [-0.05, 0) is 48.5 Å². The summed E-state index contributed by atoms with van der Waals surface area (Å²) in [7, 11) is 0. The molecule has 218 valence electrons. The zero-order valence-corrected chi connectivity index (χ0v) is 21.8. The molecule has 0 bridgehead atoms. The Bertz CT molecular complexity index is 1350. The maximum absolute atomic E-state index is 14.3. The Morgan fingerprint density at radius 1 is 0.300 bits per heavy atom. The first kappa shape index (κ1) is 30.8. The van der Waals surface area contributed by atoms with E-state index in [1.807, 2.05) is 0 Å². The summed E-state index contributed by atoms with van der Waals surface area (Å²) in [5.74, 6) is 0. The molecule has 0 aliphatic rings. The van der Waals surface area contributed by atoms with Gasteiger partial charge in [0.1, 0.15) is 0 Å². The third-order valence-corrected chi connectivity index (χ3v) is 10.5. The largest absolute Gasteiger partial charge is 0.436 e. The Hall–Kier alpha value is -2.18. The molecule has 0 saturated heterocycles. The third-order valence-electron chi connectivity index (χ3n) is 5.39. The van der Waals surface area contributed by atoms with Crippen LogP contribution in [0.25, 0.3) is 29.3 Å². The van der Waals surface area contributed by atoms with Gasteiger partial charge in [-0.15, -0.1) is 45.3 Å². The standard InChI is InChI=1S/C22H8F14S4/c23-17(19(25,26)27,20(28,29)30)15-7-5-13(39-15)11-3-1-9(37-11)10-2-4-12(38-10)14-6-8-16(40-14)18(24,21(31,32)33)22(34,35)36/h1-8H. The SMILES string of the molecule is FC(F)(F)C(F)(c1ccc(-c2ccc(-c3ccc(-c4ccc(C(F)(C(F)(F)F)C(F)(F)F)s4)s3)s2)s1)C(F)(F)F. The van der Waals surface area contributed by atoms with E-state index in [1.54, 1.807) is 0 Å². The monoisotopic (exact) mass is 666 g/mol. The van der Waals surface area contributed by atoms with Crippen LogP contribution >= 0.6 is 45.3 Å². The summed E-state index contributed by atoms with van der Waals surface area (Å²) >= 11 is 1.66. The highest BCUT2D eigenvalue weighted by atomic mass is 32.1. The van der Waals surface area contributed by atoms with E-state index in [4.69, 9.17) is 0 Å². The summed E-state index contributed by atoms with van der Waals surface area (Å²) in [6.07, 6.45) is -25.1. The molecule has 4 aromatic rings. The minimum atomic E-state index is -6.27. The summed E-state index contributed by atoms with van der Waals surface area (Å²) in [5, 5.41) is 0. The van der Waals surface area contributed by atoms with Crippen molar-refractivity contribution in [2.24, 2.45) is 0 Å². The van der Waals surface area contributed by atoms with Gasteiger partial charge in [-0.2, -0.15) is 52.7 Å². The van der Waals surface area contributed by atoms with Crippen LogP contribution in [-0.2, 0) is 11.3 Å². The van der Waals surface area contributed by atoms with Gasteiger partial charge in [0.25, 0.3) is 0 Å². The molecule has 4 heterocycles. The van der Waals surface area contributed by atoms with E-state index < -0.39 is 45.8 Å². The van der Waals surface area contributed by atoms with E-state index in [0.29, 0.717) is 21.9 Å². The Balaban J connectivity index is 1.62. The molecule has 0 aromatic carbocycles. The molecule has 0 N–H and O–H groups in total. The number of halogens is 14. The lowest BCUT2D eigenvalue weighted by Crippen LogP contribution is -2.49. The smallest absolute Gasteiger partial charge is 0.217 e. The van der Waals surface area contributed by atoms with E-state index in [-0.39, 0.29) is 42.2 Å². The fraction of sp³-hybridized carbons (Fsp3) is 0.273. The fourth-order valence-electron chi connectivity index (χ4n) is 3.40. The van der Waals surface area contributed by atoms with Crippen LogP contribution < -0.4 is 0 Å². The maximum atomic E-state index is 14.3. The molecular weight excluding hydrogens is 658 g/mol. The van der Waals surface area contributed by atoms with Crippen LogP contribution in [-0.4, -0.2) is 24.7 Å². The second-order valence-electron chi connectivity index (χ2n) is 7.96. The highest BCUT2D eigenvalue weighted by Crippen LogP contribution is 2.57. The van der Waals surface area contributed by atoms with Gasteiger partial charge in [0.05, 0.1) is 9.75 Å². The molecule has 0 spiro atoms. The van der Waals surface area contributed by atoms with Crippen LogP contribution in [0.4, 0.5) is 61.5 Å². The topological polar surface area (TPSA) is 0 Å². The van der Waals surface area contributed by atoms with Crippen molar-refractivity contribution in [2.75, 3.05) is 0 Å². The number of hydrogen-bond donors (Lipinski definition) is 0. The first-order valence-corrected chi connectivity index (χ1v) is 13.4. The van der Waals surface area contributed by atoms with Gasteiger partial charge in [0.15, 0.2) is 0 Å². The second-order valence-corrected chi connectivity index (χ2v) is 12.3. The Morgan fingerprint density at radius 2 is 0.500 bits per heavy atom. The molecule has 0 aliphatic carbocycles. The lowest BCUT2D eigenvalue weighted by atomic mass is 10.0. The minimum absolute atomic E-state index is 0.0526. The van der Waals surface area contributed by atoms with Gasteiger partial charge >= 0.3 is 36.0 Å². The molecule has 18 heteroatoms. The molecule has 0 atom stereocenters. The van der Waals surface area contributed by atoms with Crippen LogP contribution in [0, 0.1) is 0 Å². The number of hydrogen-bond acceptors (Lipinski definition) is 4. The highest BCUT2D eigenvalue weighted by molar-refractivity contribution is 7.28. The van der Waals surface area contributed by atoms with Crippen molar-refractivity contribution >= 4 is 45.3 Å². The molecule has 0 nitrogen and oxygen atoms in total. The van der Waals surface area contributed by atoms with Crippen LogP contribution in [0.15, 0.2) is 48.5 Å². The number of thiophene rings is 4. The lowest BCUT2D eigenvalue weighted by Gasteiger charge is -2.28. The van der Waals surface area contributed by atoms with Crippen LogP contribution in [0.1, 0.15) is 9.75 Å². The van der Waals surface area contributed by atoms with Gasteiger partial charge in [0, 0.05) is 29.3 Å². The predicted octanol–water partition coefficient (Wildman–Crippen LogP) is 11.5. The van der Waals surface area contributed by atoms with Crippen LogP contribution in [0.3, 0.4) is 0 Å². The van der Waals surface area contributed by atoms with Crippen molar-refractivity contribution in [3.8, 4) is 29.3 Å². The maximum Gasteiger partial charge on any atom is 0.436 e. The van der Waals surface area contributed by atoms with Crippen molar-refractivity contribution in [3.05, 3.63) is 58.3 Å². The molecule has 0 amide bonds. The predicted molar refractivity (Wildman–Crippen MR) is 124 cm³/mol. The molecule has 40 heavy (non-hydrogen) atoms. The summed E-state index contributed by atoms with van der Waals surface area (Å²) in [5.41, 5.74) is -11.2. The van der Waals surface area contributed by atoms with E-state index >= 15 is 0 Å². The van der Waals surface area contributed by atoms with E-state index in [9.17, 15) is 61.5 Å². The quantitative estimate of drug-likeness (QED) is 0.186. The first-order chi connectivity index (χ1) is 18.1. The van der Waals surface area contributed by atoms with Crippen LogP contribution in [0.5, 0.6) is 0 Å². The zero-order valence-electron chi connectivity index (χ0n) is 18.5. The third kappa shape index (κ3) is 4.93. The van der Waals surface area contributed by atoms with Gasteiger partial charge in [-0.3, -0.25) is 0 Å². The van der Waals surface area contributed by atoms with E-state index in [0.717, 1.165) is 34.8 Å². The summed E-state index contributed by atoms with van der Waals surface area (Å²) < 4.78 is 185. The van der Waals surface area contributed by atoms with Crippen molar-refractivity contribution in [1.29, 1.82) is 0 Å². The van der Waals surface area contributed by atoms with E-state index in [1.165, 1.54) is 24.3 Å². The normalized spacial score (nSPS) is 14.2. The summed E-state index contributed by atoms with van der Waals surface area (Å²) in [4.78, 5) is -2.34. The molecule has 0 unspecified atom stereocenters. The van der Waals surface area contributed by atoms with Crippen molar-refractivity contribution in [1.82, 2.24) is 0 Å². The molecule has 0 fully saturated rings. The van der Waals surface area contributed by atoms with Gasteiger partial charge in [-0.1, -0.05) is 0 Å². The Morgan fingerprint density at radius 3 is 0.725 bits per heavy atom. The van der Waals surface area contributed by atoms with Gasteiger partial charge in [0.2, 0.25) is 0 Å². The zero-order chi connectivity index (χ0) is 30.1. The van der Waals surface area contributed by atoms with Gasteiger partial charge < -0.3 is 0 Å². The molecule has 4 aromatic heterocycles. The van der Waals surface area contributed by atoms with Crippen molar-refractivity contribution in [3.63, 3.8) is 0 Å². The average molecular weight is 667 g/mol. The average Bonchev–Trinajstić information content (AvgIpc) is 3.59. The number of alkyl halides is 14. The highest BCUT2D eigenvalue weighted by Gasteiger charge is 2.75. The molecule has 4 rings (SSSR count). The summed E-state index contributed by atoms with van der Waals surface area (Å²) in [6, 6.07) is 8.05. The van der Waals surface area contributed by atoms with Crippen molar-refractivity contribution < 1.29 is 61.5 Å². The Labute approximate surface area is 230 Å². The molecule has 0 radical (unpaired) electrons. The van der Waals surface area contributed by atoms with Gasteiger partial charge in [-0.25, -0.2) is 8.78 Å². The number of rotatable bonds is 5. The molecular formula is C22H8F14S4. The van der Waals surface area contributed by atoms with E-state index in [2.05, 4.69) is 0 Å². The Kier molecular flexibility index (Phi) is 7.46. The summed E-state index contributed by atoms with van der Waals surface area (Å²) in [6.45, 7) is 0. The fourth-order valence-corrected chi connectivity index (χ4v) is 7.94. The molecule has 0 aliphatic heterocycles. The second kappa shape index (κ2) is 9.69. The lowest BCUT2D eigenvalue weighted by molar-refractivity contribution is -0.348. The minimum Gasteiger partial charge on any atom is -0.217 e.